The molecule has 1 atom stereocenters. The topological polar surface area (TPSA) is 55.8 Å². The maximum atomic E-state index is 11.9. The van der Waals surface area contributed by atoms with Crippen LogP contribution in [0.4, 0.5) is 0 Å². The van der Waals surface area contributed by atoms with Gasteiger partial charge in [0.2, 0.25) is 0 Å². The number of hydrogen-bond acceptors (Lipinski definition) is 3. The van der Waals surface area contributed by atoms with E-state index in [-0.39, 0.29) is 0 Å². The molecule has 0 bridgehead atoms. The summed E-state index contributed by atoms with van der Waals surface area (Å²) in [5, 5.41) is 9.78. The Balaban J connectivity index is 1.40. The van der Waals surface area contributed by atoms with Gasteiger partial charge in [-0.3, -0.25) is 0 Å². The molecule has 3 aromatic rings. The second kappa shape index (κ2) is 10.2. The van der Waals surface area contributed by atoms with Gasteiger partial charge in [0.05, 0.1) is 6.61 Å². The summed E-state index contributed by atoms with van der Waals surface area (Å²) in [6, 6.07) is 24.4. The van der Waals surface area contributed by atoms with Gasteiger partial charge in [-0.2, -0.15) is 0 Å². The first-order chi connectivity index (χ1) is 16.0. The first-order valence-corrected chi connectivity index (χ1v) is 11.8. The second-order valence-electron chi connectivity index (χ2n) is 8.78. The average Bonchev–Trinajstić information content (AvgIpc) is 3.16. The van der Waals surface area contributed by atoms with Crippen LogP contribution in [0, 0.1) is 0 Å². The van der Waals surface area contributed by atoms with Gasteiger partial charge in [-0.25, -0.2) is 4.79 Å². The Morgan fingerprint density at radius 2 is 1.48 bits per heavy atom. The van der Waals surface area contributed by atoms with Gasteiger partial charge in [0.25, 0.3) is 0 Å². The summed E-state index contributed by atoms with van der Waals surface area (Å²) in [5.41, 5.74) is 4.61. The number of unbranched alkanes of at least 4 members (excludes halogenated alkanes) is 2. The molecule has 4 rings (SSSR count). The number of ether oxygens (including phenoxy) is 2. The van der Waals surface area contributed by atoms with Gasteiger partial charge < -0.3 is 14.6 Å². The minimum Gasteiger partial charge on any atom is -0.494 e. The van der Waals surface area contributed by atoms with Gasteiger partial charge in [0, 0.05) is 12.5 Å². The third kappa shape index (κ3) is 4.81. The van der Waals surface area contributed by atoms with Crippen molar-refractivity contribution in [2.75, 3.05) is 13.2 Å². The Morgan fingerprint density at radius 1 is 0.879 bits per heavy atom. The normalized spacial score (nSPS) is 14.4. The van der Waals surface area contributed by atoms with E-state index in [1.807, 2.05) is 12.1 Å². The zero-order chi connectivity index (χ0) is 23.3. The molecule has 0 aromatic heterocycles. The standard InChI is InChI=1S/C29H32O4/c1-3-4-9-19-33-29(2,28(30)31)21-14-16-22(17-15-21)32-20-18-27-25-12-7-5-10-23(25)24-11-6-8-13-26(24)27/h5-8,10-17,27H,3-4,9,18-20H2,1-2H3,(H,30,31). The number of carboxylic acids is 1. The number of carboxylic acid groups (broad SMARTS) is 1. The molecule has 0 heterocycles. The lowest BCUT2D eigenvalue weighted by atomic mass is 9.94. The van der Waals surface area contributed by atoms with Crippen molar-refractivity contribution in [2.24, 2.45) is 0 Å². The van der Waals surface area contributed by atoms with E-state index < -0.39 is 11.6 Å². The first kappa shape index (κ1) is 23.1. The summed E-state index contributed by atoms with van der Waals surface area (Å²) in [4.78, 5) is 11.9. The van der Waals surface area contributed by atoms with Gasteiger partial charge >= 0.3 is 5.97 Å². The highest BCUT2D eigenvalue weighted by atomic mass is 16.5. The van der Waals surface area contributed by atoms with E-state index in [4.69, 9.17) is 9.47 Å². The summed E-state index contributed by atoms with van der Waals surface area (Å²) in [5.74, 6) is 0.0757. The summed E-state index contributed by atoms with van der Waals surface area (Å²) >= 11 is 0. The van der Waals surface area contributed by atoms with Crippen LogP contribution in [0.5, 0.6) is 5.75 Å². The quantitative estimate of drug-likeness (QED) is 0.331. The predicted octanol–water partition coefficient (Wildman–Crippen LogP) is 6.77. The molecule has 4 nitrogen and oxygen atoms in total. The lowest BCUT2D eigenvalue weighted by Gasteiger charge is -2.26. The van der Waals surface area contributed by atoms with Crippen molar-refractivity contribution in [1.82, 2.24) is 0 Å². The average molecular weight is 445 g/mol. The molecule has 0 amide bonds. The maximum Gasteiger partial charge on any atom is 0.340 e. The highest BCUT2D eigenvalue weighted by Gasteiger charge is 2.36. The highest BCUT2D eigenvalue weighted by Crippen LogP contribution is 2.46. The van der Waals surface area contributed by atoms with Crippen molar-refractivity contribution in [3.05, 3.63) is 89.5 Å². The molecule has 0 aliphatic heterocycles. The molecule has 1 aliphatic rings. The van der Waals surface area contributed by atoms with E-state index in [0.29, 0.717) is 24.7 Å². The van der Waals surface area contributed by atoms with Gasteiger partial charge in [-0.15, -0.1) is 0 Å². The molecule has 33 heavy (non-hydrogen) atoms. The number of carbonyl (C=O) groups is 1. The molecule has 1 unspecified atom stereocenters. The van der Waals surface area contributed by atoms with Crippen LogP contribution in [0.1, 0.15) is 62.1 Å². The van der Waals surface area contributed by atoms with Crippen molar-refractivity contribution < 1.29 is 19.4 Å². The van der Waals surface area contributed by atoms with Crippen molar-refractivity contribution in [3.63, 3.8) is 0 Å². The maximum absolute atomic E-state index is 11.9. The second-order valence-corrected chi connectivity index (χ2v) is 8.78. The smallest absolute Gasteiger partial charge is 0.340 e. The van der Waals surface area contributed by atoms with Crippen LogP contribution in [0.2, 0.25) is 0 Å². The largest absolute Gasteiger partial charge is 0.494 e. The fourth-order valence-corrected chi connectivity index (χ4v) is 4.63. The van der Waals surface area contributed by atoms with Gasteiger partial charge in [-0.1, -0.05) is 80.4 Å². The minimum atomic E-state index is -1.36. The molecular weight excluding hydrogens is 412 g/mol. The third-order valence-corrected chi connectivity index (χ3v) is 6.59. The van der Waals surface area contributed by atoms with Crippen molar-refractivity contribution in [1.29, 1.82) is 0 Å². The van der Waals surface area contributed by atoms with Crippen molar-refractivity contribution in [2.45, 2.75) is 51.0 Å². The molecule has 0 saturated heterocycles. The van der Waals surface area contributed by atoms with Gasteiger partial charge in [-0.05, 0) is 59.7 Å². The SMILES string of the molecule is CCCCCOC(C)(C(=O)O)c1ccc(OCCC2c3ccccc3-c3ccccc32)cc1. The zero-order valence-electron chi connectivity index (χ0n) is 19.4. The van der Waals surface area contributed by atoms with Crippen LogP contribution < -0.4 is 4.74 Å². The molecule has 3 aromatic carbocycles. The number of aliphatic carboxylic acids is 1. The highest BCUT2D eigenvalue weighted by molar-refractivity contribution is 5.79. The number of benzene rings is 3. The van der Waals surface area contributed by atoms with E-state index in [1.165, 1.54) is 22.3 Å². The van der Waals surface area contributed by atoms with E-state index in [9.17, 15) is 9.90 Å². The van der Waals surface area contributed by atoms with Crippen LogP contribution in [-0.2, 0) is 15.1 Å². The van der Waals surface area contributed by atoms with Crippen LogP contribution in [0.15, 0.2) is 72.8 Å². The summed E-state index contributed by atoms with van der Waals surface area (Å²) in [6.07, 6.45) is 3.83. The molecule has 172 valence electrons. The number of fused-ring (bicyclic) bond motifs is 3. The first-order valence-electron chi connectivity index (χ1n) is 11.8. The Morgan fingerprint density at radius 3 is 2.06 bits per heavy atom. The zero-order valence-corrected chi connectivity index (χ0v) is 19.4. The summed E-state index contributed by atoms with van der Waals surface area (Å²) in [6.45, 7) is 4.74. The fourth-order valence-electron chi connectivity index (χ4n) is 4.63. The molecule has 0 radical (unpaired) electrons. The number of hydrogen-bond donors (Lipinski definition) is 1. The van der Waals surface area contributed by atoms with E-state index in [1.54, 1.807) is 19.1 Å². The van der Waals surface area contributed by atoms with Crippen molar-refractivity contribution >= 4 is 5.97 Å². The van der Waals surface area contributed by atoms with Crippen molar-refractivity contribution in [3.8, 4) is 16.9 Å². The van der Waals surface area contributed by atoms with E-state index >= 15 is 0 Å². The van der Waals surface area contributed by atoms with Crippen LogP contribution in [-0.4, -0.2) is 24.3 Å². The Bertz CT molecular complexity index is 1040. The fraction of sp³-hybridized carbons (Fsp3) is 0.345. The Labute approximate surface area is 196 Å². The van der Waals surface area contributed by atoms with Crippen LogP contribution in [0.3, 0.4) is 0 Å². The molecule has 4 heteroatoms. The predicted molar refractivity (Wildman–Crippen MR) is 131 cm³/mol. The molecule has 0 spiro atoms. The molecule has 1 N–H and O–H groups in total. The van der Waals surface area contributed by atoms with Gasteiger partial charge in [0.1, 0.15) is 5.75 Å². The lowest BCUT2D eigenvalue weighted by molar-refractivity contribution is -0.165. The van der Waals surface area contributed by atoms with E-state index in [0.717, 1.165) is 31.4 Å². The van der Waals surface area contributed by atoms with Crippen LogP contribution in [0.25, 0.3) is 11.1 Å². The monoisotopic (exact) mass is 444 g/mol. The van der Waals surface area contributed by atoms with Gasteiger partial charge in [0.15, 0.2) is 5.60 Å². The number of rotatable bonds is 11. The minimum absolute atomic E-state index is 0.323. The molecule has 1 aliphatic carbocycles. The Kier molecular flexibility index (Phi) is 7.14. The Hall–Kier alpha value is -3.11. The summed E-state index contributed by atoms with van der Waals surface area (Å²) in [7, 11) is 0. The summed E-state index contributed by atoms with van der Waals surface area (Å²) < 4.78 is 11.8. The lowest BCUT2D eigenvalue weighted by Crippen LogP contribution is -2.35. The molecule has 0 saturated carbocycles. The molecular formula is C29H32O4. The van der Waals surface area contributed by atoms with E-state index in [2.05, 4.69) is 55.5 Å². The van der Waals surface area contributed by atoms with Crippen LogP contribution >= 0.6 is 0 Å². The third-order valence-electron chi connectivity index (χ3n) is 6.59. The molecule has 0 fully saturated rings.